The van der Waals surface area contributed by atoms with Gasteiger partial charge in [-0.1, -0.05) is 0 Å². The SMILES string of the molecule is CC(=O)N1CCCNCCOCC1. The summed E-state index contributed by atoms with van der Waals surface area (Å²) in [7, 11) is 0. The number of hydrogen-bond acceptors (Lipinski definition) is 3. The van der Waals surface area contributed by atoms with Gasteiger partial charge < -0.3 is 15.0 Å². The molecule has 4 heteroatoms. The zero-order valence-corrected chi connectivity index (χ0v) is 8.21. The second-order valence-corrected chi connectivity index (χ2v) is 3.22. The van der Waals surface area contributed by atoms with Gasteiger partial charge in [0.25, 0.3) is 0 Å². The van der Waals surface area contributed by atoms with Crippen molar-refractivity contribution in [2.24, 2.45) is 0 Å². The van der Waals surface area contributed by atoms with E-state index in [1.165, 1.54) is 0 Å². The van der Waals surface area contributed by atoms with Crippen LogP contribution >= 0.6 is 0 Å². The molecular formula is C9H18N2O2. The summed E-state index contributed by atoms with van der Waals surface area (Å²) in [6, 6.07) is 0. The molecule has 1 saturated heterocycles. The normalized spacial score (nSPS) is 21.2. The first-order chi connectivity index (χ1) is 6.30. The van der Waals surface area contributed by atoms with Gasteiger partial charge in [-0.3, -0.25) is 4.79 Å². The van der Waals surface area contributed by atoms with Crippen LogP contribution < -0.4 is 5.32 Å². The van der Waals surface area contributed by atoms with E-state index in [4.69, 9.17) is 4.74 Å². The summed E-state index contributed by atoms with van der Waals surface area (Å²) in [5.41, 5.74) is 0. The van der Waals surface area contributed by atoms with E-state index in [0.29, 0.717) is 6.61 Å². The summed E-state index contributed by atoms with van der Waals surface area (Å²) in [6.45, 7) is 6.46. The van der Waals surface area contributed by atoms with Crippen molar-refractivity contribution < 1.29 is 9.53 Å². The minimum atomic E-state index is 0.143. The third-order valence-corrected chi connectivity index (χ3v) is 2.16. The van der Waals surface area contributed by atoms with Crippen molar-refractivity contribution in [3.63, 3.8) is 0 Å². The van der Waals surface area contributed by atoms with Crippen LogP contribution in [0.1, 0.15) is 13.3 Å². The van der Waals surface area contributed by atoms with Gasteiger partial charge in [-0.05, 0) is 13.0 Å². The van der Waals surface area contributed by atoms with E-state index < -0.39 is 0 Å². The van der Waals surface area contributed by atoms with Crippen LogP contribution in [0, 0.1) is 0 Å². The van der Waals surface area contributed by atoms with Crippen LogP contribution in [-0.4, -0.2) is 50.2 Å². The molecule has 4 nitrogen and oxygen atoms in total. The van der Waals surface area contributed by atoms with Gasteiger partial charge in [0.05, 0.1) is 13.2 Å². The van der Waals surface area contributed by atoms with Crippen LogP contribution in [-0.2, 0) is 9.53 Å². The molecule has 0 aliphatic carbocycles. The van der Waals surface area contributed by atoms with Gasteiger partial charge in [-0.25, -0.2) is 0 Å². The minimum absolute atomic E-state index is 0.143. The zero-order chi connectivity index (χ0) is 9.52. The molecule has 0 atom stereocenters. The predicted octanol–water partition coefficient (Wildman–Crippen LogP) is -0.155. The molecule has 1 amide bonds. The lowest BCUT2D eigenvalue weighted by Crippen LogP contribution is -2.36. The van der Waals surface area contributed by atoms with Crippen molar-refractivity contribution in [2.45, 2.75) is 13.3 Å². The Bertz CT molecular complexity index is 152. The van der Waals surface area contributed by atoms with E-state index in [2.05, 4.69) is 5.32 Å². The van der Waals surface area contributed by atoms with Crippen molar-refractivity contribution >= 4 is 5.91 Å². The molecule has 1 N–H and O–H groups in total. The highest BCUT2D eigenvalue weighted by molar-refractivity contribution is 5.73. The number of hydrogen-bond donors (Lipinski definition) is 1. The standard InChI is InChI=1S/C9H18N2O2/c1-9(12)11-5-2-3-10-4-7-13-8-6-11/h10H,2-8H2,1H3. The van der Waals surface area contributed by atoms with E-state index in [-0.39, 0.29) is 5.91 Å². The van der Waals surface area contributed by atoms with Crippen LogP contribution in [0.4, 0.5) is 0 Å². The van der Waals surface area contributed by atoms with E-state index in [1.54, 1.807) is 6.92 Å². The lowest BCUT2D eigenvalue weighted by atomic mass is 10.3. The second kappa shape index (κ2) is 5.94. The molecule has 0 bridgehead atoms. The third-order valence-electron chi connectivity index (χ3n) is 2.16. The number of rotatable bonds is 0. The second-order valence-electron chi connectivity index (χ2n) is 3.22. The Kier molecular flexibility index (Phi) is 4.78. The summed E-state index contributed by atoms with van der Waals surface area (Å²) in [5, 5.41) is 3.25. The third kappa shape index (κ3) is 4.24. The predicted molar refractivity (Wildman–Crippen MR) is 50.6 cm³/mol. The molecule has 0 aromatic carbocycles. The van der Waals surface area contributed by atoms with Gasteiger partial charge >= 0.3 is 0 Å². The molecule has 0 spiro atoms. The van der Waals surface area contributed by atoms with Crippen molar-refractivity contribution in [1.82, 2.24) is 10.2 Å². The van der Waals surface area contributed by atoms with Crippen molar-refractivity contribution in [3.8, 4) is 0 Å². The van der Waals surface area contributed by atoms with Gasteiger partial charge in [-0.2, -0.15) is 0 Å². The highest BCUT2D eigenvalue weighted by Gasteiger charge is 2.08. The Balaban J connectivity index is 2.30. The number of nitrogens with one attached hydrogen (secondary N) is 1. The fraction of sp³-hybridized carbons (Fsp3) is 0.889. The largest absolute Gasteiger partial charge is 0.378 e. The summed E-state index contributed by atoms with van der Waals surface area (Å²) >= 11 is 0. The van der Waals surface area contributed by atoms with Gasteiger partial charge in [0, 0.05) is 26.6 Å². The van der Waals surface area contributed by atoms with Crippen LogP contribution in [0.25, 0.3) is 0 Å². The molecule has 1 rings (SSSR count). The van der Waals surface area contributed by atoms with E-state index in [1.807, 2.05) is 4.90 Å². The maximum Gasteiger partial charge on any atom is 0.219 e. The minimum Gasteiger partial charge on any atom is -0.378 e. The maximum absolute atomic E-state index is 11.1. The molecule has 1 aliphatic rings. The number of carbonyl (C=O) groups excluding carboxylic acids is 1. The molecule has 76 valence electrons. The van der Waals surface area contributed by atoms with Crippen molar-refractivity contribution in [1.29, 1.82) is 0 Å². The summed E-state index contributed by atoms with van der Waals surface area (Å²) in [4.78, 5) is 13.0. The first-order valence-electron chi connectivity index (χ1n) is 4.84. The topological polar surface area (TPSA) is 41.6 Å². The average molecular weight is 186 g/mol. The fourth-order valence-electron chi connectivity index (χ4n) is 1.37. The summed E-state index contributed by atoms with van der Waals surface area (Å²) < 4.78 is 5.33. The molecule has 13 heavy (non-hydrogen) atoms. The average Bonchev–Trinajstić information content (AvgIpc) is 2.14. The Morgan fingerprint density at radius 3 is 2.92 bits per heavy atom. The first-order valence-corrected chi connectivity index (χ1v) is 4.84. The molecule has 1 aliphatic heterocycles. The Morgan fingerprint density at radius 2 is 2.15 bits per heavy atom. The van der Waals surface area contributed by atoms with E-state index in [9.17, 15) is 4.79 Å². The summed E-state index contributed by atoms with van der Waals surface area (Å²) in [6.07, 6.45) is 1.03. The highest BCUT2D eigenvalue weighted by Crippen LogP contribution is 1.94. The Morgan fingerprint density at radius 1 is 1.31 bits per heavy atom. The maximum atomic E-state index is 11.1. The van der Waals surface area contributed by atoms with Crippen molar-refractivity contribution in [3.05, 3.63) is 0 Å². The molecule has 0 unspecified atom stereocenters. The van der Waals surface area contributed by atoms with Gasteiger partial charge in [0.15, 0.2) is 0 Å². The zero-order valence-electron chi connectivity index (χ0n) is 8.21. The lowest BCUT2D eigenvalue weighted by molar-refractivity contribution is -0.129. The van der Waals surface area contributed by atoms with E-state index >= 15 is 0 Å². The molecule has 0 aromatic heterocycles. The van der Waals surface area contributed by atoms with Crippen LogP contribution in [0.5, 0.6) is 0 Å². The van der Waals surface area contributed by atoms with Gasteiger partial charge in [0.1, 0.15) is 0 Å². The Labute approximate surface area is 79.2 Å². The summed E-state index contributed by atoms with van der Waals surface area (Å²) in [5.74, 6) is 0.143. The molecule has 0 saturated carbocycles. The Hall–Kier alpha value is -0.610. The van der Waals surface area contributed by atoms with Crippen LogP contribution in [0.2, 0.25) is 0 Å². The fourth-order valence-corrected chi connectivity index (χ4v) is 1.37. The lowest BCUT2D eigenvalue weighted by Gasteiger charge is -2.22. The van der Waals surface area contributed by atoms with Crippen LogP contribution in [0.3, 0.4) is 0 Å². The van der Waals surface area contributed by atoms with E-state index in [0.717, 1.165) is 39.2 Å². The molecular weight excluding hydrogens is 168 g/mol. The monoisotopic (exact) mass is 186 g/mol. The molecule has 1 heterocycles. The quantitative estimate of drug-likeness (QED) is 0.572. The number of nitrogens with zero attached hydrogens (tertiary/aromatic N) is 1. The van der Waals surface area contributed by atoms with Crippen LogP contribution in [0.15, 0.2) is 0 Å². The van der Waals surface area contributed by atoms with Gasteiger partial charge in [-0.15, -0.1) is 0 Å². The molecule has 1 fully saturated rings. The molecule has 0 radical (unpaired) electrons. The first kappa shape index (κ1) is 10.5. The number of carbonyl (C=O) groups is 1. The highest BCUT2D eigenvalue weighted by atomic mass is 16.5. The molecule has 0 aromatic rings. The van der Waals surface area contributed by atoms with Crippen molar-refractivity contribution in [2.75, 3.05) is 39.4 Å². The number of amides is 1. The number of ether oxygens (including phenoxy) is 1. The van der Waals surface area contributed by atoms with Gasteiger partial charge in [0.2, 0.25) is 5.91 Å². The smallest absolute Gasteiger partial charge is 0.219 e.